The minimum absolute atomic E-state index is 0.0173. The van der Waals surface area contributed by atoms with Crippen LogP contribution in [0.1, 0.15) is 27.0 Å². The summed E-state index contributed by atoms with van der Waals surface area (Å²) in [7, 11) is 0.658. The molecule has 0 spiro atoms. The minimum Gasteiger partial charge on any atom is -0.497 e. The van der Waals surface area contributed by atoms with Gasteiger partial charge in [-0.05, 0) is 61.4 Å². The van der Waals surface area contributed by atoms with Crippen molar-refractivity contribution in [3.8, 4) is 5.75 Å². The third-order valence-corrected chi connectivity index (χ3v) is 8.90. The maximum atomic E-state index is 13.6. The van der Waals surface area contributed by atoms with Crippen molar-refractivity contribution >= 4 is 49.9 Å². The molecule has 0 aliphatic carbocycles. The van der Waals surface area contributed by atoms with Crippen molar-refractivity contribution in [1.82, 2.24) is 23.9 Å². The number of H-pyrrole nitrogens is 1. The average Bonchev–Trinajstić information content (AvgIpc) is 3.58. The van der Waals surface area contributed by atoms with Crippen LogP contribution in [0.2, 0.25) is 0 Å². The van der Waals surface area contributed by atoms with E-state index in [0.29, 0.717) is 28.5 Å². The lowest BCUT2D eigenvalue weighted by Crippen LogP contribution is -2.35. The summed E-state index contributed by atoms with van der Waals surface area (Å²) in [5, 5.41) is 7.25. The maximum Gasteiger partial charge on any atom is 0.307 e. The van der Waals surface area contributed by atoms with Gasteiger partial charge in [-0.1, -0.05) is 35.9 Å². The van der Waals surface area contributed by atoms with E-state index < -0.39 is 22.0 Å². The summed E-state index contributed by atoms with van der Waals surface area (Å²) >= 11 is 0. The second-order valence-corrected chi connectivity index (χ2v) is 12.3. The summed E-state index contributed by atoms with van der Waals surface area (Å²) < 4.78 is 33.8. The summed E-state index contributed by atoms with van der Waals surface area (Å²) in [6.07, 6.45) is 5.37. The molecule has 3 aromatic carbocycles. The number of aromatic nitrogens is 2. The molecule has 0 saturated carbocycles. The molecule has 3 N–H and O–H groups in total. The zero-order chi connectivity index (χ0) is 30.7. The monoisotopic (exact) mass is 599 g/mol. The molecule has 0 saturated heterocycles. The zero-order valence-corrected chi connectivity index (χ0v) is 25.2. The molecule has 0 bridgehead atoms. The quantitative estimate of drug-likeness (QED) is 0.207. The number of benzene rings is 3. The summed E-state index contributed by atoms with van der Waals surface area (Å²) in [4.78, 5) is 30.0. The van der Waals surface area contributed by atoms with Crippen LogP contribution in [0.4, 0.5) is 0 Å². The summed E-state index contributed by atoms with van der Waals surface area (Å²) in [6.45, 7) is 2.21. The molecule has 43 heavy (non-hydrogen) atoms. The van der Waals surface area contributed by atoms with Gasteiger partial charge in [-0.15, -0.1) is 0 Å². The van der Waals surface area contributed by atoms with Crippen LogP contribution in [0, 0.1) is 6.92 Å². The van der Waals surface area contributed by atoms with Crippen LogP contribution in [0.15, 0.2) is 84.8 Å². The predicted octanol–water partition coefficient (Wildman–Crippen LogP) is 4.22. The van der Waals surface area contributed by atoms with E-state index in [1.165, 1.54) is 26.4 Å². The van der Waals surface area contributed by atoms with Crippen molar-refractivity contribution in [2.75, 3.05) is 27.7 Å². The molecule has 222 valence electrons. The molecule has 10 nitrogen and oxygen atoms in total. The lowest BCUT2D eigenvalue weighted by Gasteiger charge is -2.13. The van der Waals surface area contributed by atoms with Crippen molar-refractivity contribution in [1.29, 1.82) is 0 Å². The number of para-hydroxylation sites is 1. The van der Waals surface area contributed by atoms with E-state index in [1.54, 1.807) is 43.5 Å². The van der Waals surface area contributed by atoms with Crippen LogP contribution in [0.3, 0.4) is 0 Å². The van der Waals surface area contributed by atoms with Crippen molar-refractivity contribution in [2.45, 2.75) is 13.3 Å². The van der Waals surface area contributed by atoms with Gasteiger partial charge < -0.3 is 20.4 Å². The first kappa shape index (κ1) is 29.6. The van der Waals surface area contributed by atoms with Crippen molar-refractivity contribution in [3.63, 3.8) is 0 Å². The van der Waals surface area contributed by atoms with Crippen LogP contribution in [0.5, 0.6) is 5.75 Å². The molecule has 0 atom stereocenters. The fourth-order valence-corrected chi connectivity index (χ4v) is 5.77. The number of amides is 2. The van der Waals surface area contributed by atoms with E-state index in [4.69, 9.17) is 4.74 Å². The number of aryl methyl sites for hydroxylation is 1. The van der Waals surface area contributed by atoms with Crippen LogP contribution < -0.4 is 15.4 Å². The Morgan fingerprint density at radius 1 is 1.02 bits per heavy atom. The number of aromatic amines is 1. The number of hydrogen-bond acceptors (Lipinski definition) is 5. The van der Waals surface area contributed by atoms with Gasteiger partial charge in [-0.3, -0.25) is 9.59 Å². The molecular formula is C32H33N5O5S. The van der Waals surface area contributed by atoms with Crippen molar-refractivity contribution in [3.05, 3.63) is 107 Å². The van der Waals surface area contributed by atoms with Gasteiger partial charge in [0.1, 0.15) is 11.4 Å². The fraction of sp³-hybridized carbons (Fsp3) is 0.188. The van der Waals surface area contributed by atoms with Gasteiger partial charge in [0, 0.05) is 60.4 Å². The minimum atomic E-state index is -3.85. The van der Waals surface area contributed by atoms with Gasteiger partial charge in [0.2, 0.25) is 0 Å². The fourth-order valence-electron chi connectivity index (χ4n) is 4.77. The van der Waals surface area contributed by atoms with Gasteiger partial charge in [0.25, 0.3) is 11.8 Å². The molecule has 0 unspecified atom stereocenters. The Kier molecular flexibility index (Phi) is 8.38. The zero-order valence-electron chi connectivity index (χ0n) is 24.3. The lowest BCUT2D eigenvalue weighted by atomic mass is 10.1. The SMILES string of the molecule is COc1ccc2[nH]cc(CCNC(=O)/C(=C/c3cn(S(=O)(=O)N(C)C)c4ccccc34)NC(=O)c3ccc(C)cc3)c2c1. The highest BCUT2D eigenvalue weighted by molar-refractivity contribution is 7.87. The first-order valence-corrected chi connectivity index (χ1v) is 15.0. The van der Waals surface area contributed by atoms with Gasteiger partial charge >= 0.3 is 10.2 Å². The van der Waals surface area contributed by atoms with Gasteiger partial charge in [-0.25, -0.2) is 3.97 Å². The topological polar surface area (TPSA) is 126 Å². The molecule has 5 rings (SSSR count). The van der Waals surface area contributed by atoms with E-state index >= 15 is 0 Å². The molecule has 2 amide bonds. The van der Waals surface area contributed by atoms with E-state index in [0.717, 1.165) is 36.1 Å². The first-order chi connectivity index (χ1) is 20.6. The second-order valence-electron chi connectivity index (χ2n) is 10.3. The Hall–Kier alpha value is -4.87. The molecular weight excluding hydrogens is 566 g/mol. The number of ether oxygens (including phenoxy) is 1. The third-order valence-electron chi connectivity index (χ3n) is 7.18. The van der Waals surface area contributed by atoms with Crippen molar-refractivity contribution in [2.24, 2.45) is 0 Å². The number of hydrogen-bond donors (Lipinski definition) is 3. The number of fused-ring (bicyclic) bond motifs is 2. The largest absolute Gasteiger partial charge is 0.497 e. The van der Waals surface area contributed by atoms with Crippen LogP contribution in [0.25, 0.3) is 27.9 Å². The number of nitrogens with one attached hydrogen (secondary N) is 3. The Labute approximate surface area is 250 Å². The molecule has 5 aromatic rings. The summed E-state index contributed by atoms with van der Waals surface area (Å²) in [5.74, 6) is -0.239. The Balaban J connectivity index is 1.47. The smallest absolute Gasteiger partial charge is 0.307 e. The molecule has 0 aliphatic heterocycles. The molecule has 2 aromatic heterocycles. The average molecular weight is 600 g/mol. The first-order valence-electron chi connectivity index (χ1n) is 13.6. The molecule has 0 radical (unpaired) electrons. The van der Waals surface area contributed by atoms with Gasteiger partial charge in [0.05, 0.1) is 12.6 Å². The van der Waals surface area contributed by atoms with Crippen molar-refractivity contribution < 1.29 is 22.7 Å². The van der Waals surface area contributed by atoms with Gasteiger partial charge in [-0.2, -0.15) is 12.7 Å². The predicted molar refractivity (Wildman–Crippen MR) is 168 cm³/mol. The van der Waals surface area contributed by atoms with E-state index in [1.807, 2.05) is 43.5 Å². The number of rotatable bonds is 10. The molecule has 2 heterocycles. The molecule has 0 aliphatic rings. The van der Waals surface area contributed by atoms with Gasteiger partial charge in [0.15, 0.2) is 0 Å². The number of carbonyl (C=O) groups is 2. The van der Waals surface area contributed by atoms with E-state index in [9.17, 15) is 18.0 Å². The Morgan fingerprint density at radius 3 is 2.49 bits per heavy atom. The lowest BCUT2D eigenvalue weighted by molar-refractivity contribution is -0.117. The maximum absolute atomic E-state index is 13.6. The number of carbonyl (C=O) groups excluding carboxylic acids is 2. The van der Waals surface area contributed by atoms with Crippen LogP contribution >= 0.6 is 0 Å². The van der Waals surface area contributed by atoms with E-state index in [2.05, 4.69) is 15.6 Å². The number of nitrogens with zero attached hydrogens (tertiary/aromatic N) is 2. The highest BCUT2D eigenvalue weighted by Crippen LogP contribution is 2.26. The Bertz CT molecular complexity index is 1950. The van der Waals surface area contributed by atoms with Crippen LogP contribution in [-0.4, -0.2) is 61.2 Å². The highest BCUT2D eigenvalue weighted by atomic mass is 32.2. The molecule has 11 heteroatoms. The Morgan fingerprint density at radius 2 is 1.77 bits per heavy atom. The standard InChI is InChI=1S/C32H33N5O5S/c1-21-9-11-22(12-10-21)31(38)35-29(17-24-20-37(43(40,41)36(2)3)30-8-6-5-7-26(24)30)32(39)33-16-15-23-19-34-28-14-13-25(42-4)18-27(23)28/h5-14,17-20,34H,15-16H2,1-4H3,(H,33,39)(H,35,38)/b29-17-. The molecule has 0 fully saturated rings. The third kappa shape index (κ3) is 6.18. The number of methoxy groups -OCH3 is 1. The highest BCUT2D eigenvalue weighted by Gasteiger charge is 2.22. The second kappa shape index (κ2) is 12.2. The summed E-state index contributed by atoms with van der Waals surface area (Å²) in [6, 6.07) is 19.7. The summed E-state index contributed by atoms with van der Waals surface area (Å²) in [5.41, 5.74) is 4.22. The van der Waals surface area contributed by atoms with E-state index in [-0.39, 0.29) is 12.2 Å². The normalized spacial score (nSPS) is 12.2. The van der Waals surface area contributed by atoms with Crippen LogP contribution in [-0.2, 0) is 21.4 Å².